The number of amides is 1. The summed E-state index contributed by atoms with van der Waals surface area (Å²) in [6, 6.07) is 0. The standard InChI is InChI=1S/C11H18N4O6/c1-2-4-7(18)8(20-3-5(16)17)11(21-4)15-9(13)6(12)10(14)19/h4,7-8,11-12,18H,2-3H2,1H3,(H2,13,15)(H2,14,19)(H,16,17). The van der Waals surface area contributed by atoms with Crippen LogP contribution in [0.25, 0.3) is 0 Å². The number of aliphatic imine (C=N–C) groups is 1. The normalized spacial score (nSPS) is 29.3. The Morgan fingerprint density at radius 2 is 2.05 bits per heavy atom. The lowest BCUT2D eigenvalue weighted by Crippen LogP contribution is -2.39. The van der Waals surface area contributed by atoms with Gasteiger partial charge in [0.1, 0.15) is 18.8 Å². The Hall–Kier alpha value is -2.04. The predicted molar refractivity (Wildman–Crippen MR) is 70.9 cm³/mol. The van der Waals surface area contributed by atoms with Crippen molar-refractivity contribution in [2.75, 3.05) is 6.61 Å². The fourth-order valence-electron chi connectivity index (χ4n) is 1.84. The lowest BCUT2D eigenvalue weighted by molar-refractivity contribution is -0.147. The van der Waals surface area contributed by atoms with Crippen molar-refractivity contribution in [1.29, 1.82) is 5.41 Å². The van der Waals surface area contributed by atoms with E-state index in [1.165, 1.54) is 0 Å². The van der Waals surface area contributed by atoms with Gasteiger partial charge in [0.05, 0.1) is 6.10 Å². The van der Waals surface area contributed by atoms with E-state index in [1.807, 2.05) is 0 Å². The molecular formula is C11H18N4O6. The Morgan fingerprint density at radius 1 is 1.43 bits per heavy atom. The van der Waals surface area contributed by atoms with Gasteiger partial charge in [-0.3, -0.25) is 10.2 Å². The van der Waals surface area contributed by atoms with Crippen LogP contribution in [0.3, 0.4) is 0 Å². The molecule has 0 aromatic heterocycles. The summed E-state index contributed by atoms with van der Waals surface area (Å²) in [5, 5.41) is 25.9. The monoisotopic (exact) mass is 302 g/mol. The van der Waals surface area contributed by atoms with E-state index in [-0.39, 0.29) is 0 Å². The minimum Gasteiger partial charge on any atom is -0.480 e. The van der Waals surface area contributed by atoms with Crippen LogP contribution in [-0.2, 0) is 19.1 Å². The van der Waals surface area contributed by atoms with Crippen molar-refractivity contribution in [3.8, 4) is 0 Å². The van der Waals surface area contributed by atoms with Crippen LogP contribution in [0.5, 0.6) is 0 Å². The van der Waals surface area contributed by atoms with E-state index in [4.69, 9.17) is 31.5 Å². The van der Waals surface area contributed by atoms with Crippen LogP contribution in [0.4, 0.5) is 0 Å². The van der Waals surface area contributed by atoms with Crippen LogP contribution in [-0.4, -0.2) is 64.8 Å². The van der Waals surface area contributed by atoms with Gasteiger partial charge in [0.2, 0.25) is 0 Å². The van der Waals surface area contributed by atoms with Gasteiger partial charge < -0.3 is 31.2 Å². The molecule has 1 fully saturated rings. The Labute approximate surface area is 120 Å². The lowest BCUT2D eigenvalue weighted by atomic mass is 10.1. The fraction of sp³-hybridized carbons (Fsp3) is 0.636. The molecule has 0 bridgehead atoms. The third kappa shape index (κ3) is 4.21. The summed E-state index contributed by atoms with van der Waals surface area (Å²) in [5.41, 5.74) is 9.64. The molecule has 0 aliphatic carbocycles. The maximum atomic E-state index is 10.8. The van der Waals surface area contributed by atoms with Crippen molar-refractivity contribution in [2.24, 2.45) is 16.5 Å². The van der Waals surface area contributed by atoms with Crippen LogP contribution < -0.4 is 11.5 Å². The van der Waals surface area contributed by atoms with Gasteiger partial charge in [-0.15, -0.1) is 0 Å². The highest BCUT2D eigenvalue weighted by atomic mass is 16.6. The molecule has 10 heteroatoms. The van der Waals surface area contributed by atoms with Gasteiger partial charge in [0.25, 0.3) is 5.91 Å². The number of aliphatic carboxylic acids is 1. The van der Waals surface area contributed by atoms with Crippen molar-refractivity contribution in [3.63, 3.8) is 0 Å². The highest BCUT2D eigenvalue weighted by Crippen LogP contribution is 2.26. The smallest absolute Gasteiger partial charge is 0.329 e. The number of carbonyl (C=O) groups is 2. The van der Waals surface area contributed by atoms with Gasteiger partial charge in [-0.05, 0) is 6.42 Å². The van der Waals surface area contributed by atoms with E-state index < -0.39 is 54.6 Å². The van der Waals surface area contributed by atoms with Crippen LogP contribution in [0, 0.1) is 5.41 Å². The Kier molecular flexibility index (Phi) is 5.76. The Morgan fingerprint density at radius 3 is 2.52 bits per heavy atom. The molecule has 10 nitrogen and oxygen atoms in total. The van der Waals surface area contributed by atoms with Gasteiger partial charge in [0.15, 0.2) is 17.8 Å². The van der Waals surface area contributed by atoms with E-state index in [0.29, 0.717) is 6.42 Å². The number of carbonyl (C=O) groups excluding carboxylic acids is 1. The molecule has 1 aliphatic rings. The number of hydrogen-bond acceptors (Lipinski definition) is 7. The molecule has 0 aromatic rings. The highest BCUT2D eigenvalue weighted by molar-refractivity contribution is 6.64. The first-order valence-corrected chi connectivity index (χ1v) is 6.16. The molecule has 118 valence electrons. The van der Waals surface area contributed by atoms with Crippen molar-refractivity contribution in [3.05, 3.63) is 0 Å². The van der Waals surface area contributed by atoms with Crippen LogP contribution in [0.1, 0.15) is 13.3 Å². The van der Waals surface area contributed by atoms with Crippen molar-refractivity contribution in [2.45, 2.75) is 37.9 Å². The predicted octanol–water partition coefficient (Wildman–Crippen LogP) is -2.19. The molecule has 1 aliphatic heterocycles. The number of carboxylic acid groups (broad SMARTS) is 1. The lowest BCUT2D eigenvalue weighted by Gasteiger charge is -2.17. The average Bonchev–Trinajstić information content (AvgIpc) is 2.71. The second-order valence-corrected chi connectivity index (χ2v) is 4.39. The topological polar surface area (TPSA) is 181 Å². The van der Waals surface area contributed by atoms with Gasteiger partial charge in [-0.25, -0.2) is 9.79 Å². The van der Waals surface area contributed by atoms with Gasteiger partial charge in [-0.1, -0.05) is 6.92 Å². The summed E-state index contributed by atoms with van der Waals surface area (Å²) in [6.45, 7) is 1.10. The van der Waals surface area contributed by atoms with Crippen LogP contribution >= 0.6 is 0 Å². The molecular weight excluding hydrogens is 284 g/mol. The number of nitrogens with zero attached hydrogens (tertiary/aromatic N) is 1. The number of ether oxygens (including phenoxy) is 2. The maximum Gasteiger partial charge on any atom is 0.329 e. The number of rotatable bonds is 7. The van der Waals surface area contributed by atoms with Crippen molar-refractivity contribution < 1.29 is 29.3 Å². The molecule has 4 unspecified atom stereocenters. The van der Waals surface area contributed by atoms with Gasteiger partial charge >= 0.3 is 5.97 Å². The highest BCUT2D eigenvalue weighted by Gasteiger charge is 2.44. The molecule has 0 spiro atoms. The first-order valence-electron chi connectivity index (χ1n) is 6.16. The molecule has 1 amide bonds. The number of aliphatic hydroxyl groups is 1. The summed E-state index contributed by atoms with van der Waals surface area (Å²) in [6.07, 6.45) is -3.46. The molecule has 21 heavy (non-hydrogen) atoms. The molecule has 1 heterocycles. The van der Waals surface area contributed by atoms with E-state index in [0.717, 1.165) is 0 Å². The number of aliphatic hydroxyl groups excluding tert-OH is 1. The van der Waals surface area contributed by atoms with E-state index in [1.54, 1.807) is 6.92 Å². The molecule has 0 saturated carbocycles. The zero-order valence-electron chi connectivity index (χ0n) is 11.4. The third-order valence-electron chi connectivity index (χ3n) is 2.88. The van der Waals surface area contributed by atoms with Crippen molar-refractivity contribution in [1.82, 2.24) is 0 Å². The molecule has 0 aromatic carbocycles. The number of amidine groups is 1. The number of nitrogens with one attached hydrogen (secondary N) is 1. The van der Waals surface area contributed by atoms with E-state index in [2.05, 4.69) is 4.99 Å². The molecule has 1 saturated heterocycles. The zero-order valence-corrected chi connectivity index (χ0v) is 11.4. The largest absolute Gasteiger partial charge is 0.480 e. The second kappa shape index (κ2) is 7.11. The molecule has 7 N–H and O–H groups in total. The minimum absolute atomic E-state index is 0.438. The van der Waals surface area contributed by atoms with Gasteiger partial charge in [-0.2, -0.15) is 0 Å². The summed E-state index contributed by atoms with van der Waals surface area (Å²) < 4.78 is 10.4. The molecule has 0 radical (unpaired) electrons. The number of hydrogen-bond donors (Lipinski definition) is 5. The minimum atomic E-state index is -1.22. The van der Waals surface area contributed by atoms with Crippen LogP contribution in [0.15, 0.2) is 4.99 Å². The quantitative estimate of drug-likeness (QED) is 0.261. The average molecular weight is 302 g/mol. The van der Waals surface area contributed by atoms with E-state index >= 15 is 0 Å². The molecule has 1 rings (SSSR count). The summed E-state index contributed by atoms with van der Waals surface area (Å²) >= 11 is 0. The summed E-state index contributed by atoms with van der Waals surface area (Å²) in [4.78, 5) is 25.1. The van der Waals surface area contributed by atoms with E-state index in [9.17, 15) is 14.7 Å². The zero-order chi connectivity index (χ0) is 16.2. The first kappa shape index (κ1) is 17.0. The molecule has 4 atom stereocenters. The summed E-state index contributed by atoms with van der Waals surface area (Å²) in [5.74, 6) is -2.76. The van der Waals surface area contributed by atoms with Crippen LogP contribution in [0.2, 0.25) is 0 Å². The Balaban J connectivity index is 2.90. The SMILES string of the molecule is CCC1OC(N=C(N)C(=N)C(N)=O)C(OCC(=O)O)C1O. The van der Waals surface area contributed by atoms with Crippen molar-refractivity contribution >= 4 is 23.4 Å². The number of carboxylic acids is 1. The Bertz CT molecular complexity index is 466. The fourth-order valence-corrected chi connectivity index (χ4v) is 1.84. The first-order chi connectivity index (χ1) is 9.77. The number of nitrogens with two attached hydrogens (primary N) is 2. The van der Waals surface area contributed by atoms with Gasteiger partial charge in [0, 0.05) is 0 Å². The number of primary amides is 1. The maximum absolute atomic E-state index is 10.8. The third-order valence-corrected chi connectivity index (χ3v) is 2.88. The second-order valence-electron chi connectivity index (χ2n) is 4.39. The summed E-state index contributed by atoms with van der Waals surface area (Å²) in [7, 11) is 0.